The molecule has 1 heterocycles. The number of aliphatic carboxylic acids is 1. The maximum atomic E-state index is 11.5. The van der Waals surface area contributed by atoms with E-state index in [2.05, 4.69) is 0 Å². The minimum absolute atomic E-state index is 0.0297. The van der Waals surface area contributed by atoms with E-state index in [0.29, 0.717) is 19.7 Å². The van der Waals surface area contributed by atoms with E-state index in [1.165, 1.54) is 0 Å². The lowest BCUT2D eigenvalue weighted by atomic mass is 10.0. The van der Waals surface area contributed by atoms with Crippen molar-refractivity contribution < 1.29 is 19.7 Å². The second kappa shape index (κ2) is 7.38. The van der Waals surface area contributed by atoms with Gasteiger partial charge in [0.1, 0.15) is 6.04 Å². The number of aliphatic hydroxyl groups is 1. The summed E-state index contributed by atoms with van der Waals surface area (Å²) >= 11 is 0. The van der Waals surface area contributed by atoms with E-state index in [9.17, 15) is 9.90 Å². The first-order chi connectivity index (χ1) is 9.72. The van der Waals surface area contributed by atoms with Gasteiger partial charge in [-0.3, -0.25) is 9.69 Å². The van der Waals surface area contributed by atoms with Gasteiger partial charge in [-0.15, -0.1) is 0 Å². The lowest BCUT2D eigenvalue weighted by Gasteiger charge is -2.35. The number of hydrogen-bond acceptors (Lipinski definition) is 4. The van der Waals surface area contributed by atoms with Gasteiger partial charge in [0.05, 0.1) is 19.3 Å². The third-order valence-corrected chi connectivity index (χ3v) is 3.64. The molecular formula is C15H21NO4. The molecule has 5 heteroatoms. The van der Waals surface area contributed by atoms with Crippen LogP contribution in [0.3, 0.4) is 0 Å². The summed E-state index contributed by atoms with van der Waals surface area (Å²) in [6.45, 7) is 1.78. The van der Waals surface area contributed by atoms with Gasteiger partial charge < -0.3 is 14.9 Å². The molecule has 0 bridgehead atoms. The quantitative estimate of drug-likeness (QED) is 0.821. The fourth-order valence-corrected chi connectivity index (χ4v) is 2.66. The van der Waals surface area contributed by atoms with Crippen molar-refractivity contribution in [1.82, 2.24) is 4.90 Å². The van der Waals surface area contributed by atoms with Crippen molar-refractivity contribution in [2.45, 2.75) is 25.0 Å². The van der Waals surface area contributed by atoms with Crippen molar-refractivity contribution in [3.63, 3.8) is 0 Å². The third kappa shape index (κ3) is 3.79. The highest BCUT2D eigenvalue weighted by Crippen LogP contribution is 2.25. The highest BCUT2D eigenvalue weighted by Gasteiger charge is 2.30. The molecule has 0 amide bonds. The average Bonchev–Trinajstić information content (AvgIpc) is 2.47. The molecule has 110 valence electrons. The molecule has 2 rings (SSSR count). The predicted molar refractivity (Wildman–Crippen MR) is 74.5 cm³/mol. The van der Waals surface area contributed by atoms with Crippen LogP contribution in [0.2, 0.25) is 0 Å². The fourth-order valence-electron chi connectivity index (χ4n) is 2.66. The number of carbonyl (C=O) groups is 1. The highest BCUT2D eigenvalue weighted by atomic mass is 16.5. The molecule has 2 N–H and O–H groups in total. The summed E-state index contributed by atoms with van der Waals surface area (Å²) < 4.78 is 5.50. The van der Waals surface area contributed by atoms with Crippen LogP contribution < -0.4 is 0 Å². The molecule has 1 fully saturated rings. The summed E-state index contributed by atoms with van der Waals surface area (Å²) in [4.78, 5) is 13.5. The Bertz CT molecular complexity index is 415. The summed E-state index contributed by atoms with van der Waals surface area (Å²) in [6.07, 6.45) is 1.73. The van der Waals surface area contributed by atoms with Crippen LogP contribution in [0.4, 0.5) is 0 Å². The smallest absolute Gasteiger partial charge is 0.325 e. The van der Waals surface area contributed by atoms with Crippen molar-refractivity contribution in [3.05, 3.63) is 35.9 Å². The molecule has 0 aromatic heterocycles. The minimum Gasteiger partial charge on any atom is -0.480 e. The first-order valence-corrected chi connectivity index (χ1v) is 6.96. The van der Waals surface area contributed by atoms with Gasteiger partial charge in [0.2, 0.25) is 0 Å². The summed E-state index contributed by atoms with van der Waals surface area (Å²) in [5.41, 5.74) is 0.815. The highest BCUT2D eigenvalue weighted by molar-refractivity contribution is 5.75. The zero-order valence-electron chi connectivity index (χ0n) is 11.4. The van der Waals surface area contributed by atoms with Crippen molar-refractivity contribution >= 4 is 5.97 Å². The Kier molecular flexibility index (Phi) is 5.52. The molecular weight excluding hydrogens is 258 g/mol. The molecule has 1 atom stereocenters. The van der Waals surface area contributed by atoms with Crippen LogP contribution in [0.5, 0.6) is 0 Å². The Morgan fingerprint density at radius 2 is 1.95 bits per heavy atom. The first-order valence-electron chi connectivity index (χ1n) is 6.96. The van der Waals surface area contributed by atoms with Gasteiger partial charge in [-0.25, -0.2) is 0 Å². The fraction of sp³-hybridized carbons (Fsp3) is 0.533. The second-order valence-corrected chi connectivity index (χ2v) is 4.98. The van der Waals surface area contributed by atoms with Crippen LogP contribution in [0.15, 0.2) is 30.3 Å². The van der Waals surface area contributed by atoms with Gasteiger partial charge >= 0.3 is 5.97 Å². The molecule has 1 saturated heterocycles. The number of piperidine rings is 1. The zero-order valence-corrected chi connectivity index (χ0v) is 11.4. The number of hydrogen-bond donors (Lipinski definition) is 2. The average molecular weight is 279 g/mol. The minimum atomic E-state index is -0.814. The predicted octanol–water partition coefficient (Wildman–Crippen LogP) is 1.29. The van der Waals surface area contributed by atoms with Crippen molar-refractivity contribution in [1.29, 1.82) is 0 Å². The van der Waals surface area contributed by atoms with E-state index in [-0.39, 0.29) is 12.7 Å². The number of aliphatic hydroxyl groups excluding tert-OH is 1. The molecule has 1 aliphatic heterocycles. The number of ether oxygens (including phenoxy) is 1. The van der Waals surface area contributed by atoms with Crippen LogP contribution in [-0.4, -0.2) is 53.5 Å². The Morgan fingerprint density at radius 1 is 1.30 bits per heavy atom. The normalized spacial score (nSPS) is 18.9. The van der Waals surface area contributed by atoms with Gasteiger partial charge in [0.15, 0.2) is 0 Å². The van der Waals surface area contributed by atoms with E-state index >= 15 is 0 Å². The standard InChI is InChI=1S/C15H21NO4/c17-10-11-20-13-6-8-16(9-7-13)14(15(18)19)12-4-2-1-3-5-12/h1-5,13-14,17H,6-11H2,(H,18,19). The lowest BCUT2D eigenvalue weighted by Crippen LogP contribution is -2.42. The molecule has 1 aromatic rings. The molecule has 5 nitrogen and oxygen atoms in total. The van der Waals surface area contributed by atoms with Crippen molar-refractivity contribution in [2.24, 2.45) is 0 Å². The molecule has 1 aromatic carbocycles. The third-order valence-electron chi connectivity index (χ3n) is 3.64. The van der Waals surface area contributed by atoms with Gasteiger partial charge in [-0.2, -0.15) is 0 Å². The van der Waals surface area contributed by atoms with Gasteiger partial charge in [0.25, 0.3) is 0 Å². The largest absolute Gasteiger partial charge is 0.480 e. The summed E-state index contributed by atoms with van der Waals surface area (Å²) in [6, 6.07) is 8.73. The molecule has 20 heavy (non-hydrogen) atoms. The maximum absolute atomic E-state index is 11.5. The van der Waals surface area contributed by atoms with E-state index in [1.807, 2.05) is 35.2 Å². The second-order valence-electron chi connectivity index (χ2n) is 4.98. The molecule has 0 saturated carbocycles. The topological polar surface area (TPSA) is 70.0 Å². The zero-order chi connectivity index (χ0) is 14.4. The monoisotopic (exact) mass is 279 g/mol. The molecule has 0 radical (unpaired) electrons. The van der Waals surface area contributed by atoms with Crippen LogP contribution in [0.1, 0.15) is 24.4 Å². The number of likely N-dealkylation sites (tertiary alicyclic amines) is 1. The molecule has 1 unspecified atom stereocenters. The number of benzene rings is 1. The van der Waals surface area contributed by atoms with Crippen LogP contribution in [0.25, 0.3) is 0 Å². The SMILES string of the molecule is O=C(O)C(c1ccccc1)N1CCC(OCCO)CC1. The molecule has 0 spiro atoms. The summed E-state index contributed by atoms with van der Waals surface area (Å²) in [7, 11) is 0. The van der Waals surface area contributed by atoms with E-state index in [4.69, 9.17) is 9.84 Å². The molecule has 0 aliphatic carbocycles. The molecule has 1 aliphatic rings. The lowest BCUT2D eigenvalue weighted by molar-refractivity contribution is -0.145. The number of carboxylic acid groups (broad SMARTS) is 1. The van der Waals surface area contributed by atoms with E-state index in [1.54, 1.807) is 0 Å². The maximum Gasteiger partial charge on any atom is 0.325 e. The first kappa shape index (κ1) is 15.0. The van der Waals surface area contributed by atoms with Gasteiger partial charge in [0, 0.05) is 13.1 Å². The summed E-state index contributed by atoms with van der Waals surface area (Å²) in [5, 5.41) is 18.2. The van der Waals surface area contributed by atoms with Crippen LogP contribution >= 0.6 is 0 Å². The van der Waals surface area contributed by atoms with Crippen LogP contribution in [-0.2, 0) is 9.53 Å². The van der Waals surface area contributed by atoms with E-state index < -0.39 is 12.0 Å². The Morgan fingerprint density at radius 3 is 2.50 bits per heavy atom. The number of nitrogens with zero attached hydrogens (tertiary/aromatic N) is 1. The van der Waals surface area contributed by atoms with Gasteiger partial charge in [-0.05, 0) is 18.4 Å². The van der Waals surface area contributed by atoms with Crippen molar-refractivity contribution in [2.75, 3.05) is 26.3 Å². The summed E-state index contributed by atoms with van der Waals surface area (Å²) in [5.74, 6) is -0.814. The number of carboxylic acids is 1. The van der Waals surface area contributed by atoms with Gasteiger partial charge in [-0.1, -0.05) is 30.3 Å². The van der Waals surface area contributed by atoms with Crippen LogP contribution in [0, 0.1) is 0 Å². The Balaban J connectivity index is 1.97. The van der Waals surface area contributed by atoms with Crippen molar-refractivity contribution in [3.8, 4) is 0 Å². The van der Waals surface area contributed by atoms with E-state index in [0.717, 1.165) is 18.4 Å². The Labute approximate surface area is 118 Å². The number of rotatable bonds is 6. The Hall–Kier alpha value is -1.43.